The van der Waals surface area contributed by atoms with Crippen LogP contribution in [0.25, 0.3) is 0 Å². The highest BCUT2D eigenvalue weighted by atomic mass is 32.2. The summed E-state index contributed by atoms with van der Waals surface area (Å²) in [5.41, 5.74) is -4.10. The summed E-state index contributed by atoms with van der Waals surface area (Å²) in [6, 6.07) is 0.458. The Morgan fingerprint density at radius 3 is 2.61 bits per heavy atom. The molecule has 1 heterocycles. The number of hydrogen-bond acceptors (Lipinski definition) is 3. The second-order valence-corrected chi connectivity index (χ2v) is 6.40. The molecular formula is C12H23F3N2S. The van der Waals surface area contributed by atoms with E-state index in [-0.39, 0.29) is 17.5 Å². The third-order valence-electron chi connectivity index (χ3n) is 2.94. The third kappa shape index (κ3) is 7.48. The first-order chi connectivity index (χ1) is 8.37. The van der Waals surface area contributed by atoms with Gasteiger partial charge in [-0.1, -0.05) is 13.8 Å². The van der Waals surface area contributed by atoms with Gasteiger partial charge in [-0.25, -0.2) is 0 Å². The van der Waals surface area contributed by atoms with Gasteiger partial charge in [-0.05, 0) is 37.1 Å². The van der Waals surface area contributed by atoms with Gasteiger partial charge in [-0.3, -0.25) is 0 Å². The van der Waals surface area contributed by atoms with E-state index in [1.807, 2.05) is 0 Å². The fourth-order valence-electron chi connectivity index (χ4n) is 2.29. The third-order valence-corrected chi connectivity index (χ3v) is 3.65. The molecule has 0 aromatic rings. The Bertz CT molecular complexity index is 228. The zero-order chi connectivity index (χ0) is 13.6. The summed E-state index contributed by atoms with van der Waals surface area (Å²) < 4.78 is 36.3. The molecule has 1 N–H and O–H groups in total. The molecule has 0 saturated carbocycles. The molecule has 0 amide bonds. The molecule has 1 aliphatic rings. The smallest absolute Gasteiger partial charge is 0.313 e. The SMILES string of the molecule is CC(C)CN(CCSC(F)(F)F)CC1CCCN1. The van der Waals surface area contributed by atoms with E-state index < -0.39 is 5.51 Å². The van der Waals surface area contributed by atoms with Crippen molar-refractivity contribution in [2.24, 2.45) is 5.92 Å². The molecule has 1 atom stereocenters. The van der Waals surface area contributed by atoms with Crippen molar-refractivity contribution < 1.29 is 13.2 Å². The molecular weight excluding hydrogens is 261 g/mol. The lowest BCUT2D eigenvalue weighted by molar-refractivity contribution is -0.0328. The quantitative estimate of drug-likeness (QED) is 0.774. The van der Waals surface area contributed by atoms with Crippen molar-refractivity contribution in [3.63, 3.8) is 0 Å². The number of rotatable bonds is 7. The fourth-order valence-corrected chi connectivity index (χ4v) is 2.87. The van der Waals surface area contributed by atoms with Gasteiger partial charge < -0.3 is 10.2 Å². The van der Waals surface area contributed by atoms with Crippen molar-refractivity contribution >= 4 is 11.8 Å². The molecule has 18 heavy (non-hydrogen) atoms. The predicted molar refractivity (Wildman–Crippen MR) is 70.8 cm³/mol. The van der Waals surface area contributed by atoms with Gasteiger partial charge >= 0.3 is 5.51 Å². The lowest BCUT2D eigenvalue weighted by Crippen LogP contribution is -2.40. The highest BCUT2D eigenvalue weighted by molar-refractivity contribution is 8.00. The molecule has 0 aromatic carbocycles. The molecule has 1 rings (SSSR count). The van der Waals surface area contributed by atoms with Gasteiger partial charge in [-0.2, -0.15) is 13.2 Å². The average molecular weight is 284 g/mol. The Labute approximate surface area is 112 Å². The van der Waals surface area contributed by atoms with Crippen LogP contribution in [0.2, 0.25) is 0 Å². The van der Waals surface area contributed by atoms with Gasteiger partial charge in [0.05, 0.1) is 0 Å². The van der Waals surface area contributed by atoms with E-state index in [1.165, 1.54) is 6.42 Å². The minimum atomic E-state index is -4.10. The summed E-state index contributed by atoms with van der Waals surface area (Å²) >= 11 is 0.0848. The monoisotopic (exact) mass is 284 g/mol. The van der Waals surface area contributed by atoms with Crippen molar-refractivity contribution in [3.05, 3.63) is 0 Å². The van der Waals surface area contributed by atoms with Crippen molar-refractivity contribution in [2.75, 3.05) is 31.9 Å². The number of alkyl halides is 3. The Balaban J connectivity index is 2.30. The Morgan fingerprint density at radius 2 is 2.11 bits per heavy atom. The molecule has 0 bridgehead atoms. The lowest BCUT2D eigenvalue weighted by Gasteiger charge is -2.27. The largest absolute Gasteiger partial charge is 0.441 e. The van der Waals surface area contributed by atoms with Crippen LogP contribution in [-0.4, -0.2) is 48.4 Å². The zero-order valence-corrected chi connectivity index (χ0v) is 11.9. The van der Waals surface area contributed by atoms with Gasteiger partial charge in [0.1, 0.15) is 0 Å². The first kappa shape index (κ1) is 16.1. The van der Waals surface area contributed by atoms with Crippen LogP contribution in [0.4, 0.5) is 13.2 Å². The summed E-state index contributed by atoms with van der Waals surface area (Å²) in [5.74, 6) is 0.616. The van der Waals surface area contributed by atoms with Crippen molar-refractivity contribution in [1.82, 2.24) is 10.2 Å². The maximum Gasteiger partial charge on any atom is 0.441 e. The van der Waals surface area contributed by atoms with E-state index in [0.29, 0.717) is 18.5 Å². The van der Waals surface area contributed by atoms with Crippen molar-refractivity contribution in [1.29, 1.82) is 0 Å². The van der Waals surface area contributed by atoms with E-state index in [4.69, 9.17) is 0 Å². The van der Waals surface area contributed by atoms with Gasteiger partial charge in [0.15, 0.2) is 0 Å². The van der Waals surface area contributed by atoms with Crippen LogP contribution in [0.1, 0.15) is 26.7 Å². The van der Waals surface area contributed by atoms with Crippen LogP contribution in [0.15, 0.2) is 0 Å². The second-order valence-electron chi connectivity index (χ2n) is 5.24. The minimum absolute atomic E-state index is 0.0848. The highest BCUT2D eigenvalue weighted by Crippen LogP contribution is 2.29. The van der Waals surface area contributed by atoms with Crippen LogP contribution in [-0.2, 0) is 0 Å². The topological polar surface area (TPSA) is 15.3 Å². The van der Waals surface area contributed by atoms with Gasteiger partial charge in [0.25, 0.3) is 0 Å². The Kier molecular flexibility index (Phi) is 6.81. The van der Waals surface area contributed by atoms with E-state index >= 15 is 0 Å². The molecule has 108 valence electrons. The van der Waals surface area contributed by atoms with Crippen LogP contribution >= 0.6 is 11.8 Å². The van der Waals surface area contributed by atoms with Gasteiger partial charge in [0, 0.05) is 31.4 Å². The molecule has 0 spiro atoms. The van der Waals surface area contributed by atoms with E-state index in [9.17, 15) is 13.2 Å². The number of thioether (sulfide) groups is 1. The maximum atomic E-state index is 12.1. The second kappa shape index (κ2) is 7.60. The summed E-state index contributed by atoms with van der Waals surface area (Å²) in [6.45, 7) is 7.50. The predicted octanol–water partition coefficient (Wildman–Crippen LogP) is 2.95. The average Bonchev–Trinajstić information content (AvgIpc) is 2.67. The minimum Gasteiger partial charge on any atom is -0.313 e. The molecule has 0 aromatic heterocycles. The van der Waals surface area contributed by atoms with Crippen LogP contribution < -0.4 is 5.32 Å². The molecule has 0 radical (unpaired) electrons. The van der Waals surface area contributed by atoms with Crippen molar-refractivity contribution in [2.45, 2.75) is 38.2 Å². The van der Waals surface area contributed by atoms with E-state index in [2.05, 4.69) is 24.1 Å². The molecule has 1 fully saturated rings. The van der Waals surface area contributed by atoms with Crippen LogP contribution in [0.5, 0.6) is 0 Å². The molecule has 6 heteroatoms. The number of nitrogens with one attached hydrogen (secondary N) is 1. The molecule has 1 saturated heterocycles. The fraction of sp³-hybridized carbons (Fsp3) is 1.00. The molecule has 1 unspecified atom stereocenters. The lowest BCUT2D eigenvalue weighted by atomic mass is 10.1. The number of nitrogens with zero attached hydrogens (tertiary/aromatic N) is 1. The molecule has 2 nitrogen and oxygen atoms in total. The number of halogens is 3. The standard InChI is InChI=1S/C12H23F3N2S/c1-10(2)8-17(6-7-18-12(13,14)15)9-11-4-3-5-16-11/h10-11,16H,3-9H2,1-2H3. The van der Waals surface area contributed by atoms with Gasteiger partial charge in [0.2, 0.25) is 0 Å². The zero-order valence-electron chi connectivity index (χ0n) is 11.1. The van der Waals surface area contributed by atoms with E-state index in [1.54, 1.807) is 0 Å². The first-order valence-electron chi connectivity index (χ1n) is 6.53. The van der Waals surface area contributed by atoms with Gasteiger partial charge in [-0.15, -0.1) is 0 Å². The summed E-state index contributed by atoms with van der Waals surface area (Å²) in [5, 5.41) is 3.40. The van der Waals surface area contributed by atoms with E-state index in [0.717, 1.165) is 26.1 Å². The summed E-state index contributed by atoms with van der Waals surface area (Å²) in [6.07, 6.45) is 2.32. The number of hydrogen-bond donors (Lipinski definition) is 1. The summed E-state index contributed by atoms with van der Waals surface area (Å²) in [4.78, 5) is 2.16. The van der Waals surface area contributed by atoms with Crippen LogP contribution in [0, 0.1) is 5.92 Å². The van der Waals surface area contributed by atoms with Crippen molar-refractivity contribution in [3.8, 4) is 0 Å². The Hall–Kier alpha value is 0.0600. The van der Waals surface area contributed by atoms with Crippen LogP contribution in [0.3, 0.4) is 0 Å². The summed E-state index contributed by atoms with van der Waals surface area (Å²) in [7, 11) is 0. The molecule has 0 aliphatic carbocycles. The normalized spacial score (nSPS) is 21.2. The first-order valence-corrected chi connectivity index (χ1v) is 7.52. The Morgan fingerprint density at radius 1 is 1.39 bits per heavy atom. The maximum absolute atomic E-state index is 12.1. The highest BCUT2D eigenvalue weighted by Gasteiger charge is 2.28. The molecule has 1 aliphatic heterocycles.